The summed E-state index contributed by atoms with van der Waals surface area (Å²) >= 11 is 0. The molecule has 1 radical (unpaired) electrons. The molecular weight excluding hydrogens is 128 g/mol. The van der Waals surface area contributed by atoms with Gasteiger partial charge in [0.05, 0.1) is 7.11 Å². The van der Waals surface area contributed by atoms with Crippen molar-refractivity contribution in [1.29, 1.82) is 0 Å². The fourth-order valence-electron chi connectivity index (χ4n) is 0.510. The lowest BCUT2D eigenvalue weighted by atomic mass is 10.2. The number of rotatable bonds is 4. The second kappa shape index (κ2) is 6.33. The van der Waals surface area contributed by atoms with Crippen LogP contribution in [0.2, 0.25) is 0 Å². The molecule has 0 heterocycles. The molecule has 0 aromatic rings. The Morgan fingerprint density at radius 2 is 2.40 bits per heavy atom. The van der Waals surface area contributed by atoms with Crippen LogP contribution in [0.4, 0.5) is 0 Å². The van der Waals surface area contributed by atoms with Gasteiger partial charge < -0.3 is 4.74 Å². The molecule has 0 aliphatic carbocycles. The smallest absolute Gasteiger partial charge is 0.330 e. The van der Waals surface area contributed by atoms with Crippen molar-refractivity contribution in [2.45, 2.75) is 19.3 Å². The molecule has 57 valence electrons. The Morgan fingerprint density at radius 1 is 1.70 bits per heavy atom. The highest BCUT2D eigenvalue weighted by Gasteiger charge is 1.87. The number of allylic oxidation sites excluding steroid dienone is 1. The van der Waals surface area contributed by atoms with Crippen molar-refractivity contribution in [3.63, 3.8) is 0 Å². The maximum absolute atomic E-state index is 10.5. The van der Waals surface area contributed by atoms with Crippen molar-refractivity contribution in [1.82, 2.24) is 0 Å². The van der Waals surface area contributed by atoms with Crippen molar-refractivity contribution < 1.29 is 9.53 Å². The maximum atomic E-state index is 10.5. The molecule has 0 saturated carbocycles. The van der Waals surface area contributed by atoms with Crippen molar-refractivity contribution in [3.05, 3.63) is 19.1 Å². The normalized spacial score (nSPS) is 10.2. The molecule has 0 rings (SSSR count). The fourth-order valence-corrected chi connectivity index (χ4v) is 0.510. The highest BCUT2D eigenvalue weighted by molar-refractivity contribution is 5.81. The molecular formula is C8H13O2. The summed E-state index contributed by atoms with van der Waals surface area (Å²) < 4.78 is 4.39. The molecule has 0 aromatic carbocycles. The zero-order valence-corrected chi connectivity index (χ0v) is 6.30. The van der Waals surface area contributed by atoms with Crippen LogP contribution in [-0.4, -0.2) is 13.1 Å². The van der Waals surface area contributed by atoms with E-state index in [4.69, 9.17) is 0 Å². The molecule has 0 amide bonds. The van der Waals surface area contributed by atoms with Gasteiger partial charge in [-0.05, 0) is 12.8 Å². The summed E-state index contributed by atoms with van der Waals surface area (Å²) in [6.07, 6.45) is 6.07. The summed E-state index contributed by atoms with van der Waals surface area (Å²) in [6, 6.07) is 0. The molecule has 0 atom stereocenters. The molecule has 10 heavy (non-hydrogen) atoms. The molecule has 0 fully saturated rings. The van der Waals surface area contributed by atoms with E-state index in [0.717, 1.165) is 19.3 Å². The van der Waals surface area contributed by atoms with E-state index in [-0.39, 0.29) is 5.97 Å². The van der Waals surface area contributed by atoms with Crippen LogP contribution < -0.4 is 0 Å². The van der Waals surface area contributed by atoms with E-state index in [9.17, 15) is 4.79 Å². The lowest BCUT2D eigenvalue weighted by Crippen LogP contribution is -1.93. The van der Waals surface area contributed by atoms with E-state index < -0.39 is 0 Å². The Morgan fingerprint density at radius 3 is 2.90 bits per heavy atom. The highest BCUT2D eigenvalue weighted by atomic mass is 16.5. The van der Waals surface area contributed by atoms with Gasteiger partial charge in [0.25, 0.3) is 0 Å². The van der Waals surface area contributed by atoms with E-state index in [2.05, 4.69) is 11.7 Å². The van der Waals surface area contributed by atoms with Crippen molar-refractivity contribution >= 4 is 5.97 Å². The van der Waals surface area contributed by atoms with Gasteiger partial charge >= 0.3 is 5.97 Å². The Balaban J connectivity index is 3.27. The Labute approximate surface area is 61.9 Å². The van der Waals surface area contributed by atoms with Crippen LogP contribution in [0.5, 0.6) is 0 Å². The van der Waals surface area contributed by atoms with Gasteiger partial charge in [-0.2, -0.15) is 0 Å². The summed E-state index contributed by atoms with van der Waals surface area (Å²) in [4.78, 5) is 10.5. The number of hydrogen-bond acceptors (Lipinski definition) is 2. The summed E-state index contributed by atoms with van der Waals surface area (Å²) in [7, 11) is 1.37. The highest BCUT2D eigenvalue weighted by Crippen LogP contribution is 1.94. The van der Waals surface area contributed by atoms with Crippen LogP contribution in [0.1, 0.15) is 19.3 Å². The van der Waals surface area contributed by atoms with Gasteiger partial charge in [-0.1, -0.05) is 19.4 Å². The fraction of sp³-hybridized carbons (Fsp3) is 0.500. The number of carbonyl (C=O) groups is 1. The average molecular weight is 141 g/mol. The molecule has 0 saturated heterocycles. The van der Waals surface area contributed by atoms with E-state index in [1.165, 1.54) is 13.2 Å². The number of esters is 1. The second-order valence-corrected chi connectivity index (χ2v) is 1.92. The van der Waals surface area contributed by atoms with E-state index >= 15 is 0 Å². The molecule has 0 aliphatic heterocycles. The first-order valence-electron chi connectivity index (χ1n) is 3.35. The molecule has 0 unspecified atom stereocenters. The number of hydrogen-bond donors (Lipinski definition) is 0. The van der Waals surface area contributed by atoms with Crippen molar-refractivity contribution in [2.24, 2.45) is 0 Å². The van der Waals surface area contributed by atoms with E-state index in [1.807, 2.05) is 0 Å². The standard InChI is InChI=1S/C8H13O2/c1-3-4-5-6-7-8(9)10-2/h6-7H,1,3-5H2,2H3. The first kappa shape index (κ1) is 9.21. The number of ether oxygens (including phenoxy) is 1. The predicted octanol–water partition coefficient (Wildman–Crippen LogP) is 1.72. The molecule has 0 spiro atoms. The minimum Gasteiger partial charge on any atom is -0.466 e. The number of carbonyl (C=O) groups excluding carboxylic acids is 1. The Hall–Kier alpha value is -0.790. The summed E-state index contributed by atoms with van der Waals surface area (Å²) in [5.74, 6) is -0.288. The summed E-state index contributed by atoms with van der Waals surface area (Å²) in [5.41, 5.74) is 0. The minimum absolute atomic E-state index is 0.288. The quantitative estimate of drug-likeness (QED) is 0.338. The Bertz CT molecular complexity index is 116. The summed E-state index contributed by atoms with van der Waals surface area (Å²) in [5, 5.41) is 0. The third-order valence-electron chi connectivity index (χ3n) is 1.08. The minimum atomic E-state index is -0.288. The molecule has 2 heteroatoms. The zero-order valence-electron chi connectivity index (χ0n) is 6.30. The van der Waals surface area contributed by atoms with Crippen LogP contribution in [0.3, 0.4) is 0 Å². The van der Waals surface area contributed by atoms with Crippen LogP contribution in [0.25, 0.3) is 0 Å². The Kier molecular flexibility index (Phi) is 5.83. The predicted molar refractivity (Wildman–Crippen MR) is 40.4 cm³/mol. The molecule has 0 aromatic heterocycles. The lowest BCUT2D eigenvalue weighted by molar-refractivity contribution is -0.134. The van der Waals surface area contributed by atoms with E-state index in [1.54, 1.807) is 6.08 Å². The van der Waals surface area contributed by atoms with Crippen LogP contribution in [-0.2, 0) is 9.53 Å². The monoisotopic (exact) mass is 141 g/mol. The van der Waals surface area contributed by atoms with Gasteiger partial charge in [0.15, 0.2) is 0 Å². The van der Waals surface area contributed by atoms with Gasteiger partial charge in [0.2, 0.25) is 0 Å². The third-order valence-corrected chi connectivity index (χ3v) is 1.08. The van der Waals surface area contributed by atoms with Crippen LogP contribution in [0, 0.1) is 6.92 Å². The number of methoxy groups -OCH3 is 1. The zero-order chi connectivity index (χ0) is 7.82. The molecule has 0 bridgehead atoms. The SMILES string of the molecule is [CH2]CCCC=CC(=O)OC. The van der Waals surface area contributed by atoms with Crippen molar-refractivity contribution in [3.8, 4) is 0 Å². The summed E-state index contributed by atoms with van der Waals surface area (Å²) in [6.45, 7) is 3.67. The lowest BCUT2D eigenvalue weighted by Gasteiger charge is -1.89. The van der Waals surface area contributed by atoms with Gasteiger partial charge in [-0.3, -0.25) is 0 Å². The van der Waals surface area contributed by atoms with E-state index in [0.29, 0.717) is 0 Å². The van der Waals surface area contributed by atoms with Crippen LogP contribution in [0.15, 0.2) is 12.2 Å². The van der Waals surface area contributed by atoms with Gasteiger partial charge in [0.1, 0.15) is 0 Å². The molecule has 0 aliphatic rings. The molecule has 2 nitrogen and oxygen atoms in total. The topological polar surface area (TPSA) is 26.3 Å². The largest absolute Gasteiger partial charge is 0.466 e. The van der Waals surface area contributed by atoms with Gasteiger partial charge in [0, 0.05) is 6.08 Å². The third kappa shape index (κ3) is 5.35. The van der Waals surface area contributed by atoms with Crippen LogP contribution >= 0.6 is 0 Å². The average Bonchev–Trinajstić information content (AvgIpc) is 1.98. The first-order valence-corrected chi connectivity index (χ1v) is 3.35. The second-order valence-electron chi connectivity index (χ2n) is 1.92. The van der Waals surface area contributed by atoms with Gasteiger partial charge in [-0.15, -0.1) is 0 Å². The molecule has 0 N–H and O–H groups in total. The maximum Gasteiger partial charge on any atom is 0.330 e. The number of unbranched alkanes of at least 4 members (excludes halogenated alkanes) is 2. The first-order chi connectivity index (χ1) is 4.81. The van der Waals surface area contributed by atoms with Gasteiger partial charge in [-0.25, -0.2) is 4.79 Å². The van der Waals surface area contributed by atoms with Crippen molar-refractivity contribution in [2.75, 3.05) is 7.11 Å².